The first-order chi connectivity index (χ1) is 8.38. The van der Waals surface area contributed by atoms with Crippen molar-refractivity contribution in [2.24, 2.45) is 11.1 Å². The van der Waals surface area contributed by atoms with Crippen LogP contribution in [-0.2, 0) is 10.0 Å². The molecule has 6 heteroatoms. The van der Waals surface area contributed by atoms with Crippen LogP contribution >= 0.6 is 0 Å². The van der Waals surface area contributed by atoms with E-state index in [9.17, 15) is 8.42 Å². The Hall–Kier alpha value is -1.27. The van der Waals surface area contributed by atoms with E-state index in [4.69, 9.17) is 10.9 Å². The van der Waals surface area contributed by atoms with E-state index in [0.717, 1.165) is 5.69 Å². The lowest BCUT2D eigenvalue weighted by molar-refractivity contribution is 0.285. The summed E-state index contributed by atoms with van der Waals surface area (Å²) in [5.74, 6) is 0.698. The molecule has 0 bridgehead atoms. The molecule has 1 unspecified atom stereocenters. The number of hydrogen-bond donors (Lipinski definition) is 3. The normalized spacial score (nSPS) is 18.1. The van der Waals surface area contributed by atoms with Crippen LogP contribution in [0, 0.1) is 5.92 Å². The molecule has 1 fully saturated rings. The third kappa shape index (κ3) is 2.76. The third-order valence-corrected chi connectivity index (χ3v) is 4.55. The van der Waals surface area contributed by atoms with Gasteiger partial charge in [0.25, 0.3) is 0 Å². The van der Waals surface area contributed by atoms with Crippen molar-refractivity contribution in [3.8, 4) is 0 Å². The molecule has 1 saturated carbocycles. The van der Waals surface area contributed by atoms with E-state index in [1.807, 2.05) is 0 Å². The number of rotatable bonds is 4. The minimum absolute atomic E-state index is 0.0238. The van der Waals surface area contributed by atoms with Gasteiger partial charge in [-0.2, -0.15) is 0 Å². The summed E-state index contributed by atoms with van der Waals surface area (Å²) in [5, 5.41) is 8.41. The zero-order valence-electron chi connectivity index (χ0n) is 10.4. The molecule has 18 heavy (non-hydrogen) atoms. The first kappa shape index (κ1) is 13.2. The summed E-state index contributed by atoms with van der Waals surface area (Å²) in [4.78, 5) is -0.0238. The predicted octanol–water partition coefficient (Wildman–Crippen LogP) is 1.52. The Morgan fingerprint density at radius 2 is 2.06 bits per heavy atom. The lowest BCUT2D eigenvalue weighted by Gasteiger charge is -2.32. The molecule has 1 atom stereocenters. The van der Waals surface area contributed by atoms with E-state index < -0.39 is 10.0 Å². The maximum atomic E-state index is 11.2. The molecule has 5 N–H and O–H groups in total. The summed E-state index contributed by atoms with van der Waals surface area (Å²) in [7, 11) is -3.74. The zero-order valence-corrected chi connectivity index (χ0v) is 11.2. The summed E-state index contributed by atoms with van der Waals surface area (Å²) in [6.07, 6.45) is 3.79. The van der Waals surface area contributed by atoms with Gasteiger partial charge in [-0.25, -0.2) is 13.6 Å². The van der Waals surface area contributed by atoms with Crippen molar-refractivity contribution in [2.45, 2.75) is 37.1 Å². The fourth-order valence-corrected chi connectivity index (χ4v) is 2.86. The van der Waals surface area contributed by atoms with Crippen molar-refractivity contribution in [1.29, 1.82) is 0 Å². The molecule has 0 heterocycles. The zero-order chi connectivity index (χ0) is 13.3. The second kappa shape index (κ2) is 4.78. The van der Waals surface area contributed by atoms with Gasteiger partial charge in [0, 0.05) is 11.7 Å². The molecular formula is C12H19N3O2S. The van der Waals surface area contributed by atoms with Crippen LogP contribution in [0.25, 0.3) is 0 Å². The molecule has 0 aromatic heterocycles. The van der Waals surface area contributed by atoms with Gasteiger partial charge in [0.05, 0.1) is 5.69 Å². The van der Waals surface area contributed by atoms with Gasteiger partial charge < -0.3 is 11.1 Å². The fraction of sp³-hybridized carbons (Fsp3) is 0.500. The average Bonchev–Trinajstić information content (AvgIpc) is 2.11. The number of primary sulfonamides is 1. The SMILES string of the molecule is CC(Nc1ccc(S(N)(=O)=O)c(N)c1)C1CCC1. The van der Waals surface area contributed by atoms with Gasteiger partial charge in [-0.3, -0.25) is 0 Å². The van der Waals surface area contributed by atoms with Crippen LogP contribution in [-0.4, -0.2) is 14.5 Å². The first-order valence-electron chi connectivity index (χ1n) is 6.07. The molecule has 1 aliphatic carbocycles. The van der Waals surface area contributed by atoms with Gasteiger partial charge in [-0.15, -0.1) is 0 Å². The molecule has 0 saturated heterocycles. The Kier molecular flexibility index (Phi) is 3.49. The van der Waals surface area contributed by atoms with Crippen LogP contribution in [0.3, 0.4) is 0 Å². The van der Waals surface area contributed by atoms with Crippen molar-refractivity contribution >= 4 is 21.4 Å². The van der Waals surface area contributed by atoms with E-state index in [1.165, 1.54) is 25.3 Å². The van der Waals surface area contributed by atoms with Crippen molar-refractivity contribution in [1.82, 2.24) is 0 Å². The first-order valence-corrected chi connectivity index (χ1v) is 7.61. The lowest BCUT2D eigenvalue weighted by atomic mass is 9.80. The molecule has 0 aliphatic heterocycles. The molecule has 2 rings (SSSR count). The second-order valence-corrected chi connectivity index (χ2v) is 6.45. The van der Waals surface area contributed by atoms with Crippen LogP contribution in [0.4, 0.5) is 11.4 Å². The summed E-state index contributed by atoms with van der Waals surface area (Å²) in [5.41, 5.74) is 6.72. The van der Waals surface area contributed by atoms with Crippen LogP contribution < -0.4 is 16.2 Å². The number of anilines is 2. The molecule has 0 amide bonds. The standard InChI is InChI=1S/C12H19N3O2S/c1-8(9-3-2-4-9)15-10-5-6-12(11(13)7-10)18(14,16)17/h5-9,15H,2-4,13H2,1H3,(H2,14,16,17). The molecule has 1 aromatic carbocycles. The molecule has 1 aromatic rings. The number of sulfonamides is 1. The quantitative estimate of drug-likeness (QED) is 0.722. The van der Waals surface area contributed by atoms with E-state index in [1.54, 1.807) is 12.1 Å². The fourth-order valence-electron chi connectivity index (χ4n) is 2.22. The molecule has 0 spiro atoms. The van der Waals surface area contributed by atoms with Crippen molar-refractivity contribution < 1.29 is 8.42 Å². The van der Waals surface area contributed by atoms with Gasteiger partial charge in [-0.05, 0) is 43.9 Å². The van der Waals surface area contributed by atoms with E-state index >= 15 is 0 Å². The number of hydrogen-bond acceptors (Lipinski definition) is 4. The summed E-state index contributed by atoms with van der Waals surface area (Å²) in [6, 6.07) is 5.14. The maximum Gasteiger partial charge on any atom is 0.240 e. The van der Waals surface area contributed by atoms with Crippen LogP contribution in [0.15, 0.2) is 23.1 Å². The molecule has 0 radical (unpaired) electrons. The van der Waals surface area contributed by atoms with Gasteiger partial charge >= 0.3 is 0 Å². The van der Waals surface area contributed by atoms with Gasteiger partial charge in [0.15, 0.2) is 0 Å². The predicted molar refractivity (Wildman–Crippen MR) is 72.7 cm³/mol. The topological polar surface area (TPSA) is 98.2 Å². The highest BCUT2D eigenvalue weighted by molar-refractivity contribution is 7.89. The highest BCUT2D eigenvalue weighted by atomic mass is 32.2. The highest BCUT2D eigenvalue weighted by Crippen LogP contribution is 2.31. The minimum Gasteiger partial charge on any atom is -0.398 e. The average molecular weight is 269 g/mol. The molecule has 1 aliphatic rings. The van der Waals surface area contributed by atoms with Crippen molar-refractivity contribution in [3.63, 3.8) is 0 Å². The number of nitrogen functional groups attached to an aromatic ring is 1. The Morgan fingerprint density at radius 3 is 2.50 bits per heavy atom. The lowest BCUT2D eigenvalue weighted by Crippen LogP contribution is -2.30. The van der Waals surface area contributed by atoms with Crippen LogP contribution in [0.5, 0.6) is 0 Å². The Bertz CT molecular complexity index is 538. The van der Waals surface area contributed by atoms with E-state index in [-0.39, 0.29) is 10.6 Å². The molecule has 100 valence electrons. The highest BCUT2D eigenvalue weighted by Gasteiger charge is 2.23. The minimum atomic E-state index is -3.74. The Balaban J connectivity index is 2.13. The van der Waals surface area contributed by atoms with Crippen LogP contribution in [0.2, 0.25) is 0 Å². The van der Waals surface area contributed by atoms with Crippen molar-refractivity contribution in [2.75, 3.05) is 11.1 Å². The number of nitrogens with one attached hydrogen (secondary N) is 1. The molecule has 5 nitrogen and oxygen atoms in total. The summed E-state index contributed by atoms with van der Waals surface area (Å²) in [6.45, 7) is 2.13. The Morgan fingerprint density at radius 1 is 1.39 bits per heavy atom. The largest absolute Gasteiger partial charge is 0.398 e. The summed E-state index contributed by atoms with van der Waals surface area (Å²) < 4.78 is 22.5. The molecular weight excluding hydrogens is 250 g/mol. The Labute approximate surface area is 108 Å². The van der Waals surface area contributed by atoms with Crippen LogP contribution in [0.1, 0.15) is 26.2 Å². The maximum absolute atomic E-state index is 11.2. The van der Waals surface area contributed by atoms with Gasteiger partial charge in [-0.1, -0.05) is 6.42 Å². The van der Waals surface area contributed by atoms with Crippen molar-refractivity contribution in [3.05, 3.63) is 18.2 Å². The smallest absolute Gasteiger partial charge is 0.240 e. The third-order valence-electron chi connectivity index (χ3n) is 3.57. The monoisotopic (exact) mass is 269 g/mol. The van der Waals surface area contributed by atoms with E-state index in [0.29, 0.717) is 12.0 Å². The number of nitrogens with two attached hydrogens (primary N) is 2. The number of benzene rings is 1. The van der Waals surface area contributed by atoms with Gasteiger partial charge in [0.1, 0.15) is 4.90 Å². The van der Waals surface area contributed by atoms with Gasteiger partial charge in [0.2, 0.25) is 10.0 Å². The second-order valence-electron chi connectivity index (χ2n) is 4.92. The summed E-state index contributed by atoms with van der Waals surface area (Å²) >= 11 is 0. The van der Waals surface area contributed by atoms with E-state index in [2.05, 4.69) is 12.2 Å².